The predicted octanol–water partition coefficient (Wildman–Crippen LogP) is 2.27. The fraction of sp³-hybridized carbons (Fsp3) is 0.400. The van der Waals surface area contributed by atoms with Gasteiger partial charge in [-0.15, -0.1) is 0 Å². The minimum absolute atomic E-state index is 0.0263. The lowest BCUT2D eigenvalue weighted by atomic mass is 10.2. The number of benzene rings is 1. The highest BCUT2D eigenvalue weighted by Crippen LogP contribution is 2.18. The Hall–Kier alpha value is -3.23. The highest BCUT2D eigenvalue weighted by molar-refractivity contribution is 5.79. The number of nitrogens with zero attached hydrogens (tertiary/aromatic N) is 4. The van der Waals surface area contributed by atoms with Crippen LogP contribution in [0.5, 0.6) is 0 Å². The zero-order valence-electron chi connectivity index (χ0n) is 16.8. The first-order valence-corrected chi connectivity index (χ1v) is 9.41. The van der Waals surface area contributed by atoms with Crippen LogP contribution in [0.4, 0.5) is 4.39 Å². The van der Waals surface area contributed by atoms with Gasteiger partial charge in [-0.2, -0.15) is 0 Å². The molecule has 0 amide bonds. The van der Waals surface area contributed by atoms with Crippen LogP contribution < -0.4 is 11.2 Å². The summed E-state index contributed by atoms with van der Waals surface area (Å²) >= 11 is 0. The fourth-order valence-electron chi connectivity index (χ4n) is 3.17. The largest absolute Gasteiger partial charge is 0.464 e. The van der Waals surface area contributed by atoms with E-state index in [0.29, 0.717) is 5.69 Å². The molecule has 0 fully saturated rings. The zero-order chi connectivity index (χ0) is 21.3. The smallest absolute Gasteiger partial charge is 0.337 e. The Kier molecular flexibility index (Phi) is 5.67. The molecule has 0 aliphatic carbocycles. The Labute approximate surface area is 166 Å². The number of ether oxygens (including phenoxy) is 1. The van der Waals surface area contributed by atoms with Crippen molar-refractivity contribution >= 4 is 17.1 Å². The Morgan fingerprint density at radius 2 is 1.83 bits per heavy atom. The van der Waals surface area contributed by atoms with Crippen molar-refractivity contribution in [3.8, 4) is 5.69 Å². The molecule has 2 aromatic heterocycles. The molecule has 0 radical (unpaired) electrons. The summed E-state index contributed by atoms with van der Waals surface area (Å²) in [6.07, 6.45) is 1.34. The molecule has 2 heterocycles. The normalized spacial score (nSPS) is 12.5. The van der Waals surface area contributed by atoms with E-state index in [9.17, 15) is 18.8 Å². The maximum Gasteiger partial charge on any atom is 0.337 e. The predicted molar refractivity (Wildman–Crippen MR) is 106 cm³/mol. The van der Waals surface area contributed by atoms with E-state index in [1.165, 1.54) is 39.7 Å². The van der Waals surface area contributed by atoms with Crippen LogP contribution in [0.1, 0.15) is 33.7 Å². The summed E-state index contributed by atoms with van der Waals surface area (Å²) in [5.74, 6) is -0.936. The van der Waals surface area contributed by atoms with Crippen LogP contribution >= 0.6 is 0 Å². The molecule has 0 saturated carbocycles. The minimum Gasteiger partial charge on any atom is -0.464 e. The summed E-state index contributed by atoms with van der Waals surface area (Å²) in [7, 11) is 0. The van der Waals surface area contributed by atoms with Crippen LogP contribution in [0.25, 0.3) is 16.9 Å². The monoisotopic (exact) mass is 402 g/mol. The summed E-state index contributed by atoms with van der Waals surface area (Å²) in [6.45, 7) is 7.45. The van der Waals surface area contributed by atoms with Gasteiger partial charge in [-0.1, -0.05) is 13.8 Å². The first-order chi connectivity index (χ1) is 13.8. The summed E-state index contributed by atoms with van der Waals surface area (Å²) in [5.41, 5.74) is -0.534. The first-order valence-electron chi connectivity index (χ1n) is 9.41. The van der Waals surface area contributed by atoms with E-state index in [1.54, 1.807) is 13.8 Å². The highest BCUT2D eigenvalue weighted by atomic mass is 19.1. The van der Waals surface area contributed by atoms with Crippen molar-refractivity contribution < 1.29 is 13.9 Å². The summed E-state index contributed by atoms with van der Waals surface area (Å²) < 4.78 is 22.2. The van der Waals surface area contributed by atoms with Gasteiger partial charge in [-0.25, -0.2) is 23.5 Å². The third-order valence-electron chi connectivity index (χ3n) is 4.53. The third kappa shape index (κ3) is 3.72. The molecule has 3 aromatic rings. The second-order valence-electron chi connectivity index (χ2n) is 7.16. The summed E-state index contributed by atoms with van der Waals surface area (Å²) in [6, 6.07) is 4.52. The van der Waals surface area contributed by atoms with Crippen molar-refractivity contribution in [1.82, 2.24) is 18.7 Å². The van der Waals surface area contributed by atoms with Crippen LogP contribution in [-0.4, -0.2) is 31.3 Å². The van der Waals surface area contributed by atoms with Gasteiger partial charge in [0.05, 0.1) is 18.6 Å². The zero-order valence-corrected chi connectivity index (χ0v) is 16.8. The molecule has 0 spiro atoms. The molecule has 3 rings (SSSR count). The maximum atomic E-state index is 13.4. The summed E-state index contributed by atoms with van der Waals surface area (Å²) in [5, 5.41) is 0. The van der Waals surface area contributed by atoms with Gasteiger partial charge in [-0.05, 0) is 44.0 Å². The molecular formula is C20H23FN4O4. The first kappa shape index (κ1) is 20.5. The molecule has 0 unspecified atom stereocenters. The van der Waals surface area contributed by atoms with Crippen LogP contribution in [0.15, 0.2) is 40.2 Å². The number of imidazole rings is 1. The number of esters is 1. The van der Waals surface area contributed by atoms with Gasteiger partial charge in [-0.3, -0.25) is 9.36 Å². The molecular weight excluding hydrogens is 379 g/mol. The van der Waals surface area contributed by atoms with Crippen LogP contribution in [0, 0.1) is 11.7 Å². The molecule has 1 atom stereocenters. The van der Waals surface area contributed by atoms with Gasteiger partial charge < -0.3 is 9.30 Å². The standard InChI is InChI=1S/C20H23FN4O4/c1-5-29-19(27)13(4)24-11-22-17-16(24)18(26)23(10-12(2)3)20(28)25(17)15-8-6-14(21)7-9-15/h6-9,11-13H,5,10H2,1-4H3/t13-/m1/s1. The molecule has 0 aliphatic rings. The number of fused-ring (bicyclic) bond motifs is 1. The molecule has 0 bridgehead atoms. The number of hydrogen-bond acceptors (Lipinski definition) is 5. The third-order valence-corrected chi connectivity index (χ3v) is 4.53. The molecule has 9 heteroatoms. The van der Waals surface area contributed by atoms with Gasteiger partial charge in [0.2, 0.25) is 0 Å². The summed E-state index contributed by atoms with van der Waals surface area (Å²) in [4.78, 5) is 42.8. The maximum absolute atomic E-state index is 13.4. The van der Waals surface area contributed by atoms with Gasteiger partial charge in [0.25, 0.3) is 5.56 Å². The highest BCUT2D eigenvalue weighted by Gasteiger charge is 2.25. The van der Waals surface area contributed by atoms with Crippen LogP contribution in [0.2, 0.25) is 0 Å². The van der Waals surface area contributed by atoms with E-state index in [2.05, 4.69) is 4.98 Å². The van der Waals surface area contributed by atoms with Crippen molar-refractivity contribution in [2.75, 3.05) is 6.61 Å². The molecule has 154 valence electrons. The van der Waals surface area contributed by atoms with Crippen molar-refractivity contribution in [2.45, 2.75) is 40.3 Å². The lowest BCUT2D eigenvalue weighted by molar-refractivity contribution is -0.146. The number of carbonyl (C=O) groups is 1. The number of carbonyl (C=O) groups excluding carboxylic acids is 1. The van der Waals surface area contributed by atoms with Gasteiger partial charge in [0.15, 0.2) is 11.2 Å². The molecule has 8 nitrogen and oxygen atoms in total. The second kappa shape index (κ2) is 8.02. The number of rotatable bonds is 6. The van der Waals surface area contributed by atoms with Crippen molar-refractivity contribution in [3.63, 3.8) is 0 Å². The van der Waals surface area contributed by atoms with E-state index in [4.69, 9.17) is 4.74 Å². The van der Waals surface area contributed by atoms with Crippen molar-refractivity contribution in [3.05, 3.63) is 57.2 Å². The Morgan fingerprint density at radius 1 is 1.17 bits per heavy atom. The Balaban J connectivity index is 2.36. The van der Waals surface area contributed by atoms with E-state index in [1.807, 2.05) is 13.8 Å². The van der Waals surface area contributed by atoms with Crippen LogP contribution in [-0.2, 0) is 16.1 Å². The Bertz CT molecular complexity index is 1160. The number of hydrogen-bond donors (Lipinski definition) is 0. The van der Waals surface area contributed by atoms with Gasteiger partial charge in [0, 0.05) is 6.54 Å². The van der Waals surface area contributed by atoms with E-state index in [0.717, 1.165) is 4.57 Å². The molecule has 0 saturated heterocycles. The van der Waals surface area contributed by atoms with E-state index in [-0.39, 0.29) is 30.2 Å². The lowest BCUT2D eigenvalue weighted by Crippen LogP contribution is -2.41. The quantitative estimate of drug-likeness (QED) is 0.590. The molecule has 0 aliphatic heterocycles. The van der Waals surface area contributed by atoms with Gasteiger partial charge >= 0.3 is 11.7 Å². The topological polar surface area (TPSA) is 88.1 Å². The van der Waals surface area contributed by atoms with E-state index < -0.39 is 29.1 Å². The molecule has 0 N–H and O–H groups in total. The minimum atomic E-state index is -0.806. The van der Waals surface area contributed by atoms with Crippen molar-refractivity contribution in [1.29, 1.82) is 0 Å². The molecule has 29 heavy (non-hydrogen) atoms. The van der Waals surface area contributed by atoms with E-state index >= 15 is 0 Å². The Morgan fingerprint density at radius 3 is 2.41 bits per heavy atom. The van der Waals surface area contributed by atoms with Crippen molar-refractivity contribution in [2.24, 2.45) is 5.92 Å². The number of aromatic nitrogens is 4. The lowest BCUT2D eigenvalue weighted by Gasteiger charge is -2.16. The second-order valence-corrected chi connectivity index (χ2v) is 7.16. The average molecular weight is 402 g/mol. The molecule has 1 aromatic carbocycles. The average Bonchev–Trinajstić information content (AvgIpc) is 3.11. The number of halogens is 1. The van der Waals surface area contributed by atoms with Gasteiger partial charge in [0.1, 0.15) is 11.9 Å². The fourth-order valence-corrected chi connectivity index (χ4v) is 3.17. The SMILES string of the molecule is CCOC(=O)[C@@H](C)n1cnc2c1c(=O)n(CC(C)C)c(=O)n2-c1ccc(F)cc1. The van der Waals surface area contributed by atoms with Crippen LogP contribution in [0.3, 0.4) is 0 Å².